The molecule has 0 spiro atoms. The van der Waals surface area contributed by atoms with Gasteiger partial charge in [-0.1, -0.05) is 68.8 Å². The van der Waals surface area contributed by atoms with Gasteiger partial charge in [-0.25, -0.2) is 14.8 Å². The van der Waals surface area contributed by atoms with Crippen LogP contribution < -0.4 is 16.0 Å². The van der Waals surface area contributed by atoms with E-state index in [1.54, 1.807) is 0 Å². The highest BCUT2D eigenvalue weighted by Gasteiger charge is 2.19. The number of para-hydroxylation sites is 1. The van der Waals surface area contributed by atoms with Crippen LogP contribution in [0, 0.1) is 5.92 Å². The molecule has 0 aliphatic heterocycles. The number of ether oxygens (including phenoxy) is 1. The molecule has 0 aliphatic rings. The van der Waals surface area contributed by atoms with Gasteiger partial charge in [-0.2, -0.15) is 0 Å². The third kappa shape index (κ3) is 5.97. The molecule has 4 aromatic rings. The zero-order valence-corrected chi connectivity index (χ0v) is 21.7. The second-order valence-corrected chi connectivity index (χ2v) is 9.63. The predicted molar refractivity (Wildman–Crippen MR) is 145 cm³/mol. The van der Waals surface area contributed by atoms with Crippen LogP contribution in [0.15, 0.2) is 64.2 Å². The lowest BCUT2D eigenvalue weighted by Gasteiger charge is -2.17. The highest BCUT2D eigenvalue weighted by molar-refractivity contribution is 5.71. The summed E-state index contributed by atoms with van der Waals surface area (Å²) in [6.07, 6.45) is 2.92. The van der Waals surface area contributed by atoms with Crippen LogP contribution in [-0.2, 0) is 26.6 Å². The lowest BCUT2D eigenvalue weighted by Crippen LogP contribution is -2.40. The molecule has 0 fully saturated rings. The van der Waals surface area contributed by atoms with Gasteiger partial charge >= 0.3 is 5.69 Å². The van der Waals surface area contributed by atoms with E-state index >= 15 is 0 Å². The minimum absolute atomic E-state index is 0.137. The Morgan fingerprint density at radius 2 is 1.65 bits per heavy atom. The van der Waals surface area contributed by atoms with Gasteiger partial charge in [0.1, 0.15) is 18.1 Å². The largest absolute Gasteiger partial charge is 0.487 e. The van der Waals surface area contributed by atoms with Crippen molar-refractivity contribution in [3.63, 3.8) is 0 Å². The summed E-state index contributed by atoms with van der Waals surface area (Å²) in [6, 6.07) is 17.8. The van der Waals surface area contributed by atoms with Crippen molar-refractivity contribution in [2.24, 2.45) is 13.0 Å². The monoisotopic (exact) mass is 502 g/mol. The minimum atomic E-state index is -0.453. The number of fused-ring (bicyclic) bond motifs is 1. The molecular formula is C29H34N4O4. The van der Waals surface area contributed by atoms with Crippen LogP contribution in [0.2, 0.25) is 0 Å². The number of unbranched alkanes of at least 4 members (excludes halogenated alkanes) is 2. The van der Waals surface area contributed by atoms with Crippen molar-refractivity contribution >= 4 is 11.2 Å². The molecule has 1 N–H and O–H groups in total. The van der Waals surface area contributed by atoms with Crippen molar-refractivity contribution in [1.29, 1.82) is 0 Å². The quantitative estimate of drug-likeness (QED) is 0.310. The van der Waals surface area contributed by atoms with Crippen molar-refractivity contribution in [2.45, 2.75) is 52.7 Å². The smallest absolute Gasteiger partial charge is 0.332 e. The summed E-state index contributed by atoms with van der Waals surface area (Å²) in [7, 11) is 1.47. The van der Waals surface area contributed by atoms with Crippen molar-refractivity contribution in [2.75, 3.05) is 6.61 Å². The molecule has 0 unspecified atom stereocenters. The highest BCUT2D eigenvalue weighted by atomic mass is 16.5. The number of benzene rings is 2. The number of aromatic nitrogens is 4. The zero-order chi connectivity index (χ0) is 26.4. The number of aryl methyl sites for hydroxylation is 1. The first-order valence-electron chi connectivity index (χ1n) is 12.8. The Balaban J connectivity index is 1.78. The lowest BCUT2D eigenvalue weighted by atomic mass is 10.0. The Morgan fingerprint density at radius 1 is 0.919 bits per heavy atom. The Hall–Kier alpha value is -3.78. The van der Waals surface area contributed by atoms with Gasteiger partial charge in [-0.15, -0.1) is 0 Å². The molecule has 0 amide bonds. The van der Waals surface area contributed by atoms with Gasteiger partial charge in [0.05, 0.1) is 5.69 Å². The summed E-state index contributed by atoms with van der Waals surface area (Å²) in [5.74, 6) is 0.890. The second kappa shape index (κ2) is 12.0. The molecule has 0 saturated carbocycles. The predicted octanol–water partition coefficient (Wildman–Crippen LogP) is 4.10. The molecule has 8 nitrogen and oxygen atoms in total. The summed E-state index contributed by atoms with van der Waals surface area (Å²) in [5, 5.41) is 9.16. The van der Waals surface area contributed by atoms with E-state index in [2.05, 4.69) is 0 Å². The molecule has 8 heteroatoms. The Bertz CT molecular complexity index is 1480. The molecule has 194 valence electrons. The summed E-state index contributed by atoms with van der Waals surface area (Å²) < 4.78 is 8.92. The molecule has 0 saturated heterocycles. The molecular weight excluding hydrogens is 468 g/mol. The fraction of sp³-hybridized carbons (Fsp3) is 0.379. The van der Waals surface area contributed by atoms with Crippen molar-refractivity contribution in [3.05, 3.63) is 86.8 Å². The summed E-state index contributed by atoms with van der Waals surface area (Å²) in [5.41, 5.74) is 2.90. The van der Waals surface area contributed by atoms with E-state index in [1.165, 1.54) is 11.6 Å². The molecule has 0 aliphatic carbocycles. The lowest BCUT2D eigenvalue weighted by molar-refractivity contribution is 0.282. The minimum Gasteiger partial charge on any atom is -0.487 e. The van der Waals surface area contributed by atoms with E-state index in [0.717, 1.165) is 28.5 Å². The van der Waals surface area contributed by atoms with Crippen LogP contribution in [-0.4, -0.2) is 30.8 Å². The molecule has 2 aromatic heterocycles. The van der Waals surface area contributed by atoms with Gasteiger partial charge < -0.3 is 9.84 Å². The normalized spacial score (nSPS) is 11.4. The number of hydrogen-bond acceptors (Lipinski definition) is 6. The second-order valence-electron chi connectivity index (χ2n) is 9.63. The van der Waals surface area contributed by atoms with Crippen LogP contribution in [0.5, 0.6) is 5.75 Å². The molecule has 2 heterocycles. The van der Waals surface area contributed by atoms with E-state index in [9.17, 15) is 9.59 Å². The average Bonchev–Trinajstić information content (AvgIpc) is 2.91. The summed E-state index contributed by atoms with van der Waals surface area (Å²) >= 11 is 0. The van der Waals surface area contributed by atoms with Crippen molar-refractivity contribution in [3.8, 4) is 16.9 Å². The zero-order valence-electron chi connectivity index (χ0n) is 21.7. The topological polar surface area (TPSA) is 99.2 Å². The van der Waals surface area contributed by atoms with Gasteiger partial charge in [-0.05, 0) is 36.8 Å². The van der Waals surface area contributed by atoms with Crippen LogP contribution in [0.3, 0.4) is 0 Å². The first-order chi connectivity index (χ1) is 17.9. The first kappa shape index (κ1) is 26.3. The maximum Gasteiger partial charge on any atom is 0.332 e. The number of aliphatic hydroxyl groups excluding tert-OH is 1. The maximum absolute atomic E-state index is 13.0. The third-order valence-electron chi connectivity index (χ3n) is 6.27. The van der Waals surface area contributed by atoms with Gasteiger partial charge in [0.15, 0.2) is 11.2 Å². The molecule has 0 atom stereocenters. The summed E-state index contributed by atoms with van der Waals surface area (Å²) in [4.78, 5) is 35.5. The van der Waals surface area contributed by atoms with Gasteiger partial charge in [0.2, 0.25) is 0 Å². The average molecular weight is 503 g/mol. The molecule has 0 bridgehead atoms. The van der Waals surface area contributed by atoms with Gasteiger partial charge in [-0.3, -0.25) is 13.9 Å². The SMILES string of the molecule is CC(C)Cn1c(=O)n(C)c(=O)c2nc(CCCCCO)c(COc3ccccc3-c3ccccc3)nc21. The van der Waals surface area contributed by atoms with Gasteiger partial charge in [0.25, 0.3) is 5.56 Å². The Morgan fingerprint density at radius 3 is 2.38 bits per heavy atom. The van der Waals surface area contributed by atoms with Crippen molar-refractivity contribution < 1.29 is 9.84 Å². The van der Waals surface area contributed by atoms with E-state index in [1.807, 2.05) is 68.4 Å². The van der Waals surface area contributed by atoms with E-state index < -0.39 is 11.2 Å². The van der Waals surface area contributed by atoms with Crippen LogP contribution in [0.25, 0.3) is 22.3 Å². The van der Waals surface area contributed by atoms with Crippen LogP contribution >= 0.6 is 0 Å². The van der Waals surface area contributed by atoms with Gasteiger partial charge in [0, 0.05) is 25.8 Å². The van der Waals surface area contributed by atoms with E-state index in [4.69, 9.17) is 19.8 Å². The standard InChI is InChI=1S/C29H34N4O4/c1-20(2)18-33-27-26(28(35)32(3)29(33)36)30-23(15-8-5-11-17-34)24(31-27)19-37-25-16-10-9-14-22(25)21-12-6-4-7-13-21/h4,6-7,9-10,12-14,16,20,34H,5,8,11,15,17-19H2,1-3H3. The Labute approximate surface area is 216 Å². The number of aliphatic hydroxyl groups is 1. The number of rotatable bonds is 11. The van der Waals surface area contributed by atoms with Crippen LogP contribution in [0.1, 0.15) is 44.5 Å². The Kier molecular flexibility index (Phi) is 8.50. The summed E-state index contributed by atoms with van der Waals surface area (Å²) in [6.45, 7) is 4.73. The molecule has 0 radical (unpaired) electrons. The van der Waals surface area contributed by atoms with Crippen LogP contribution in [0.4, 0.5) is 0 Å². The van der Waals surface area contributed by atoms with E-state index in [0.29, 0.717) is 36.5 Å². The number of hydrogen-bond donors (Lipinski definition) is 1. The maximum atomic E-state index is 13.0. The molecule has 2 aromatic carbocycles. The third-order valence-corrected chi connectivity index (χ3v) is 6.27. The first-order valence-corrected chi connectivity index (χ1v) is 12.8. The molecule has 4 rings (SSSR count). The fourth-order valence-corrected chi connectivity index (χ4v) is 4.37. The van der Waals surface area contributed by atoms with E-state index in [-0.39, 0.29) is 30.3 Å². The fourth-order valence-electron chi connectivity index (χ4n) is 4.37. The highest BCUT2D eigenvalue weighted by Crippen LogP contribution is 2.30. The molecule has 37 heavy (non-hydrogen) atoms. The number of nitrogens with zero attached hydrogens (tertiary/aromatic N) is 4. The van der Waals surface area contributed by atoms with Crippen molar-refractivity contribution in [1.82, 2.24) is 19.1 Å².